The topological polar surface area (TPSA) is 103 Å². The first-order chi connectivity index (χ1) is 11.5. The number of fused-ring (bicyclic) bond motifs is 1. The number of aromatic nitrogens is 1. The number of carbonyl (C=O) groups excluding carboxylic acids is 2. The summed E-state index contributed by atoms with van der Waals surface area (Å²) in [6, 6.07) is 7.45. The molecule has 0 aliphatic carbocycles. The van der Waals surface area contributed by atoms with E-state index in [4.69, 9.17) is 5.73 Å². The Balaban J connectivity index is 1.52. The van der Waals surface area contributed by atoms with Crippen molar-refractivity contribution in [2.45, 2.75) is 32.4 Å². The fourth-order valence-corrected chi connectivity index (χ4v) is 3.09. The van der Waals surface area contributed by atoms with Crippen LogP contribution in [0.1, 0.15) is 25.5 Å². The number of likely N-dealkylation sites (tertiary alicyclic amines) is 1. The van der Waals surface area contributed by atoms with Crippen molar-refractivity contribution in [2.24, 2.45) is 0 Å². The normalized spacial score (nSPS) is 17.7. The zero-order valence-corrected chi connectivity index (χ0v) is 13.8. The van der Waals surface area contributed by atoms with E-state index in [-0.39, 0.29) is 18.0 Å². The van der Waals surface area contributed by atoms with E-state index in [9.17, 15) is 9.59 Å². The minimum atomic E-state index is -0.219. The van der Waals surface area contributed by atoms with E-state index in [0.717, 1.165) is 36.0 Å². The summed E-state index contributed by atoms with van der Waals surface area (Å²) >= 11 is 0. The van der Waals surface area contributed by atoms with Crippen molar-refractivity contribution in [2.75, 3.05) is 18.8 Å². The molecule has 0 saturated carbocycles. The lowest BCUT2D eigenvalue weighted by atomic mass is 10.1. The predicted octanol–water partition coefficient (Wildman–Crippen LogP) is 1.56. The number of hydrogen-bond acceptors (Lipinski definition) is 3. The summed E-state index contributed by atoms with van der Waals surface area (Å²) in [4.78, 5) is 28.5. The fourth-order valence-electron chi connectivity index (χ4n) is 3.09. The van der Waals surface area contributed by atoms with Gasteiger partial charge in [0.15, 0.2) is 0 Å². The van der Waals surface area contributed by atoms with Crippen molar-refractivity contribution in [3.8, 4) is 0 Å². The van der Waals surface area contributed by atoms with Crippen LogP contribution >= 0.6 is 0 Å². The molecule has 3 rings (SSSR count). The highest BCUT2D eigenvalue weighted by Gasteiger charge is 2.22. The molecule has 0 unspecified atom stereocenters. The second-order valence-corrected chi connectivity index (χ2v) is 6.27. The second kappa shape index (κ2) is 6.82. The monoisotopic (exact) mass is 329 g/mol. The number of hydrogen-bond donors (Lipinski definition) is 4. The Hall–Kier alpha value is -2.70. The van der Waals surface area contributed by atoms with Gasteiger partial charge in [0.2, 0.25) is 5.91 Å². The SMILES string of the molecule is CC(=O)N1CCC[C@@H](NC(=O)NCc2cc3ccc(N)cc3[nH]2)C1. The summed E-state index contributed by atoms with van der Waals surface area (Å²) in [5.41, 5.74) is 8.34. The van der Waals surface area contributed by atoms with E-state index in [2.05, 4.69) is 15.6 Å². The van der Waals surface area contributed by atoms with Gasteiger partial charge >= 0.3 is 6.03 Å². The lowest BCUT2D eigenvalue weighted by molar-refractivity contribution is -0.130. The number of H-pyrrole nitrogens is 1. The zero-order valence-electron chi connectivity index (χ0n) is 13.8. The number of piperidine rings is 1. The van der Waals surface area contributed by atoms with Gasteiger partial charge in [-0.2, -0.15) is 0 Å². The Labute approximate surface area is 140 Å². The van der Waals surface area contributed by atoms with Crippen LogP contribution in [0.15, 0.2) is 24.3 Å². The molecular weight excluding hydrogens is 306 g/mol. The van der Waals surface area contributed by atoms with Crippen molar-refractivity contribution < 1.29 is 9.59 Å². The first kappa shape index (κ1) is 16.2. The number of aromatic amines is 1. The van der Waals surface area contributed by atoms with Gasteiger partial charge in [0.25, 0.3) is 0 Å². The lowest BCUT2D eigenvalue weighted by Gasteiger charge is -2.32. The minimum Gasteiger partial charge on any atom is -0.399 e. The number of anilines is 1. The molecule has 1 aromatic carbocycles. The highest BCUT2D eigenvalue weighted by atomic mass is 16.2. The number of nitrogens with one attached hydrogen (secondary N) is 3. The van der Waals surface area contributed by atoms with Crippen molar-refractivity contribution in [1.82, 2.24) is 20.5 Å². The molecule has 24 heavy (non-hydrogen) atoms. The minimum absolute atomic E-state index is 0.00478. The van der Waals surface area contributed by atoms with Gasteiger partial charge in [-0.25, -0.2) is 4.79 Å². The van der Waals surface area contributed by atoms with Gasteiger partial charge in [0.1, 0.15) is 0 Å². The number of carbonyl (C=O) groups is 2. The Kier molecular flexibility index (Phi) is 4.59. The molecule has 2 aromatic rings. The van der Waals surface area contributed by atoms with Crippen molar-refractivity contribution in [3.63, 3.8) is 0 Å². The molecule has 3 amide bonds. The number of amides is 3. The van der Waals surface area contributed by atoms with Gasteiger partial charge in [-0.15, -0.1) is 0 Å². The zero-order chi connectivity index (χ0) is 17.1. The van der Waals surface area contributed by atoms with E-state index < -0.39 is 0 Å². The molecule has 1 atom stereocenters. The van der Waals surface area contributed by atoms with Crippen molar-refractivity contribution >= 4 is 28.5 Å². The van der Waals surface area contributed by atoms with Crippen molar-refractivity contribution in [1.29, 1.82) is 0 Å². The summed E-state index contributed by atoms with van der Waals surface area (Å²) in [5.74, 6) is 0.0549. The maximum Gasteiger partial charge on any atom is 0.315 e. The summed E-state index contributed by atoms with van der Waals surface area (Å²) in [5, 5.41) is 6.85. The van der Waals surface area contributed by atoms with Gasteiger partial charge in [-0.05, 0) is 36.4 Å². The Morgan fingerprint density at radius 1 is 1.38 bits per heavy atom. The third kappa shape index (κ3) is 3.79. The number of urea groups is 1. The molecule has 0 radical (unpaired) electrons. The van der Waals surface area contributed by atoms with Crippen LogP contribution in [0, 0.1) is 0 Å². The average Bonchev–Trinajstić information content (AvgIpc) is 2.95. The molecule has 5 N–H and O–H groups in total. The average molecular weight is 329 g/mol. The summed E-state index contributed by atoms with van der Waals surface area (Å²) in [7, 11) is 0. The molecule has 128 valence electrons. The molecule has 7 heteroatoms. The van der Waals surface area contributed by atoms with Crippen LogP contribution in [0.4, 0.5) is 10.5 Å². The van der Waals surface area contributed by atoms with Gasteiger partial charge < -0.3 is 26.3 Å². The maximum absolute atomic E-state index is 12.1. The highest BCUT2D eigenvalue weighted by molar-refractivity contribution is 5.83. The van der Waals surface area contributed by atoms with Crippen LogP contribution in [0.3, 0.4) is 0 Å². The molecule has 1 aliphatic rings. The first-order valence-electron chi connectivity index (χ1n) is 8.18. The van der Waals surface area contributed by atoms with Crippen LogP contribution in [0.5, 0.6) is 0 Å². The van der Waals surface area contributed by atoms with Crippen LogP contribution < -0.4 is 16.4 Å². The molecular formula is C17H23N5O2. The second-order valence-electron chi connectivity index (χ2n) is 6.27. The molecule has 1 aliphatic heterocycles. The first-order valence-corrected chi connectivity index (χ1v) is 8.18. The van der Waals surface area contributed by atoms with Crippen LogP contribution in [-0.2, 0) is 11.3 Å². The Morgan fingerprint density at radius 3 is 3.00 bits per heavy atom. The predicted molar refractivity (Wildman–Crippen MR) is 93.4 cm³/mol. The number of nitrogens with two attached hydrogens (primary N) is 1. The van der Waals surface area contributed by atoms with E-state index in [1.54, 1.807) is 11.8 Å². The Bertz CT molecular complexity index is 755. The standard InChI is InChI=1S/C17H23N5O2/c1-11(23)22-6-2-3-14(10-22)21-17(24)19-9-15-7-12-4-5-13(18)8-16(12)20-15/h4-5,7-8,14,20H,2-3,6,9-10,18H2,1H3,(H2,19,21,24)/t14-/m1/s1. The van der Waals surface area contributed by atoms with E-state index >= 15 is 0 Å². The molecule has 1 saturated heterocycles. The van der Waals surface area contributed by atoms with E-state index in [1.165, 1.54) is 0 Å². The lowest BCUT2D eigenvalue weighted by Crippen LogP contribution is -2.51. The molecule has 7 nitrogen and oxygen atoms in total. The Morgan fingerprint density at radius 2 is 2.21 bits per heavy atom. The van der Waals surface area contributed by atoms with Gasteiger partial charge in [-0.1, -0.05) is 6.07 Å². The number of nitrogen functional groups attached to an aromatic ring is 1. The van der Waals surface area contributed by atoms with Gasteiger partial charge in [0.05, 0.1) is 6.54 Å². The smallest absolute Gasteiger partial charge is 0.315 e. The summed E-state index contributed by atoms with van der Waals surface area (Å²) < 4.78 is 0. The van der Waals surface area contributed by atoms with Crippen LogP contribution in [-0.4, -0.2) is 41.0 Å². The largest absolute Gasteiger partial charge is 0.399 e. The summed E-state index contributed by atoms with van der Waals surface area (Å²) in [6.07, 6.45) is 1.80. The van der Waals surface area contributed by atoms with Gasteiger partial charge in [0, 0.05) is 43.0 Å². The van der Waals surface area contributed by atoms with E-state index in [0.29, 0.717) is 18.8 Å². The molecule has 1 aromatic heterocycles. The third-order valence-electron chi connectivity index (χ3n) is 4.34. The maximum atomic E-state index is 12.1. The fraction of sp³-hybridized carbons (Fsp3) is 0.412. The molecule has 0 bridgehead atoms. The number of nitrogens with zero attached hydrogens (tertiary/aromatic N) is 1. The van der Waals surface area contributed by atoms with Crippen molar-refractivity contribution in [3.05, 3.63) is 30.0 Å². The summed E-state index contributed by atoms with van der Waals surface area (Å²) in [6.45, 7) is 3.32. The quantitative estimate of drug-likeness (QED) is 0.642. The molecule has 2 heterocycles. The van der Waals surface area contributed by atoms with Crippen LogP contribution in [0.2, 0.25) is 0 Å². The van der Waals surface area contributed by atoms with Gasteiger partial charge in [-0.3, -0.25) is 4.79 Å². The molecule has 0 spiro atoms. The molecule has 1 fully saturated rings. The third-order valence-corrected chi connectivity index (χ3v) is 4.34. The number of rotatable bonds is 3. The number of benzene rings is 1. The highest BCUT2D eigenvalue weighted by Crippen LogP contribution is 2.18. The van der Waals surface area contributed by atoms with E-state index in [1.807, 2.05) is 24.3 Å². The van der Waals surface area contributed by atoms with Crippen LogP contribution in [0.25, 0.3) is 10.9 Å².